The van der Waals surface area contributed by atoms with Crippen LogP contribution in [0.5, 0.6) is 0 Å². The highest BCUT2D eigenvalue weighted by Gasteiger charge is 2.22. The van der Waals surface area contributed by atoms with E-state index in [1.54, 1.807) is 7.05 Å². The van der Waals surface area contributed by atoms with Gasteiger partial charge < -0.3 is 30.4 Å². The van der Waals surface area contributed by atoms with Crippen LogP contribution in [0.4, 0.5) is 20.2 Å². The average molecular weight is 473 g/mol. The lowest BCUT2D eigenvalue weighted by Gasteiger charge is -2.26. The van der Waals surface area contributed by atoms with E-state index in [4.69, 9.17) is 11.6 Å². The Kier molecular flexibility index (Phi) is 14.2. The largest absolute Gasteiger partial charge is 0.493 e. The molecule has 1 aromatic carbocycles. The number of anilines is 2. The molecule has 1 aromatic rings. The van der Waals surface area contributed by atoms with Crippen molar-refractivity contribution < 1.29 is 23.1 Å². The number of aldehydes is 1. The van der Waals surface area contributed by atoms with Crippen LogP contribution in [0.2, 0.25) is 0 Å². The van der Waals surface area contributed by atoms with E-state index >= 15 is 0 Å². The third-order valence-corrected chi connectivity index (χ3v) is 4.04. The maximum absolute atomic E-state index is 14.6. The molecule has 5 N–H and O–H groups in total. The zero-order valence-electron chi connectivity index (χ0n) is 18.4. The van der Waals surface area contributed by atoms with E-state index in [0.29, 0.717) is 18.5 Å². The highest BCUT2D eigenvalue weighted by molar-refractivity contribution is 7.78. The normalized spacial score (nSPS) is 10.4. The molecule has 0 aliphatic heterocycles. The van der Waals surface area contributed by atoms with Crippen LogP contribution in [0.1, 0.15) is 0 Å². The lowest BCUT2D eigenvalue weighted by molar-refractivity contribution is -0.127. The number of amides is 1. The molecule has 0 unspecified atom stereocenters. The van der Waals surface area contributed by atoms with E-state index in [2.05, 4.69) is 28.9 Å². The number of hydrazine groups is 1. The van der Waals surface area contributed by atoms with Gasteiger partial charge in [-0.05, 0) is 19.3 Å². The van der Waals surface area contributed by atoms with Crippen molar-refractivity contribution in [3.05, 3.63) is 48.3 Å². The number of methoxy groups -OCH3 is 1. The standard InChI is InChI=1S/C18H26F2N6O2.C2H4OS/c1-4-5-24(3)17(28)12-25(6-7-27)18-15(19)8-14(9-16(18)20)26(22)11-13(21)10-23-2;1-3-2-4/h4,7-9,11,23H,1,5-6,10,12,21-22H2,2-3H3;2H,1H3/b13-11-;. The Hall–Kier alpha value is -3.09. The molecule has 0 radical (unpaired) electrons. The van der Waals surface area contributed by atoms with Crippen LogP contribution in [0.15, 0.2) is 36.7 Å². The SMILES string of the molecule is C=CCN(C)C(=O)CN(CC=O)c1c(F)cc(N(N)/C=C(\N)CNC)cc1F.COC=S. The molecular formula is C20H30F2N6O3S. The van der Waals surface area contributed by atoms with E-state index in [-0.39, 0.29) is 25.3 Å². The van der Waals surface area contributed by atoms with Crippen LogP contribution < -0.4 is 26.8 Å². The molecule has 0 aliphatic rings. The van der Waals surface area contributed by atoms with Crippen molar-refractivity contribution >= 4 is 41.3 Å². The van der Waals surface area contributed by atoms with E-state index in [1.165, 1.54) is 36.9 Å². The number of ether oxygens (including phenoxy) is 1. The Morgan fingerprint density at radius 1 is 1.31 bits per heavy atom. The van der Waals surface area contributed by atoms with E-state index in [0.717, 1.165) is 22.0 Å². The minimum Gasteiger partial charge on any atom is -0.493 e. The summed E-state index contributed by atoms with van der Waals surface area (Å²) in [6.07, 6.45) is 3.30. The van der Waals surface area contributed by atoms with E-state index in [1.807, 2.05) is 0 Å². The number of nitrogens with one attached hydrogen (secondary N) is 1. The summed E-state index contributed by atoms with van der Waals surface area (Å²) in [6, 6.07) is 1.99. The van der Waals surface area contributed by atoms with Gasteiger partial charge in [-0.2, -0.15) is 0 Å². The van der Waals surface area contributed by atoms with Crippen LogP contribution in [0.25, 0.3) is 0 Å². The van der Waals surface area contributed by atoms with Crippen LogP contribution >= 0.6 is 12.2 Å². The Labute approximate surface area is 192 Å². The maximum atomic E-state index is 14.6. The summed E-state index contributed by atoms with van der Waals surface area (Å²) >= 11 is 4.21. The highest BCUT2D eigenvalue weighted by atomic mass is 32.1. The number of halogens is 2. The minimum absolute atomic E-state index is 0.0129. The number of nitrogens with two attached hydrogens (primary N) is 2. The molecule has 0 bridgehead atoms. The number of thiocarbonyl (C=S) groups is 1. The third-order valence-electron chi connectivity index (χ3n) is 3.85. The molecular weight excluding hydrogens is 442 g/mol. The fraction of sp³-hybridized carbons (Fsp3) is 0.350. The van der Waals surface area contributed by atoms with Gasteiger partial charge >= 0.3 is 0 Å². The van der Waals surface area contributed by atoms with Crippen molar-refractivity contribution in [2.24, 2.45) is 11.6 Å². The zero-order valence-corrected chi connectivity index (χ0v) is 19.2. The molecule has 0 atom stereocenters. The molecule has 178 valence electrons. The summed E-state index contributed by atoms with van der Waals surface area (Å²) in [7, 11) is 4.73. The Bertz CT molecular complexity index is 787. The topological polar surface area (TPSA) is 117 Å². The van der Waals surface area contributed by atoms with Crippen LogP contribution in [-0.4, -0.2) is 70.0 Å². The van der Waals surface area contributed by atoms with Crippen molar-refractivity contribution in [3.8, 4) is 0 Å². The van der Waals surface area contributed by atoms with Crippen LogP contribution in [0, 0.1) is 11.6 Å². The first kappa shape index (κ1) is 28.9. The van der Waals surface area contributed by atoms with Gasteiger partial charge in [-0.15, -0.1) is 6.58 Å². The number of likely N-dealkylation sites (N-methyl/N-ethyl adjacent to an activating group) is 2. The lowest BCUT2D eigenvalue weighted by Crippen LogP contribution is -2.40. The Morgan fingerprint density at radius 3 is 2.31 bits per heavy atom. The van der Waals surface area contributed by atoms with Crippen molar-refractivity contribution in [2.45, 2.75) is 0 Å². The quantitative estimate of drug-likeness (QED) is 0.134. The number of hydrogen-bond donors (Lipinski definition) is 3. The summed E-state index contributed by atoms with van der Waals surface area (Å²) in [5.41, 5.74) is 6.80. The first-order valence-corrected chi connectivity index (χ1v) is 9.77. The minimum atomic E-state index is -0.966. The van der Waals surface area contributed by atoms with E-state index in [9.17, 15) is 18.4 Å². The van der Waals surface area contributed by atoms with Gasteiger partial charge in [0, 0.05) is 44.2 Å². The second-order valence-electron chi connectivity index (χ2n) is 6.34. The number of nitrogens with zero attached hydrogens (tertiary/aromatic N) is 3. The van der Waals surface area contributed by atoms with Crippen molar-refractivity contribution in [1.29, 1.82) is 0 Å². The molecule has 0 saturated carbocycles. The van der Waals surface area contributed by atoms with Crippen molar-refractivity contribution in [3.63, 3.8) is 0 Å². The molecule has 0 aromatic heterocycles. The van der Waals surface area contributed by atoms with E-state index < -0.39 is 23.2 Å². The summed E-state index contributed by atoms with van der Waals surface area (Å²) in [5.74, 6) is 3.42. The molecule has 0 spiro atoms. The molecule has 32 heavy (non-hydrogen) atoms. The monoisotopic (exact) mass is 472 g/mol. The average Bonchev–Trinajstić information content (AvgIpc) is 2.73. The van der Waals surface area contributed by atoms with Gasteiger partial charge in [0.15, 0.2) is 11.6 Å². The second kappa shape index (κ2) is 15.7. The van der Waals surface area contributed by atoms with Crippen molar-refractivity contribution in [2.75, 3.05) is 57.3 Å². The number of rotatable bonds is 12. The smallest absolute Gasteiger partial charge is 0.242 e. The van der Waals surface area contributed by atoms with Crippen molar-refractivity contribution in [1.82, 2.24) is 10.2 Å². The number of carbonyl (C=O) groups is 2. The van der Waals surface area contributed by atoms with Gasteiger partial charge in [-0.25, -0.2) is 14.6 Å². The maximum Gasteiger partial charge on any atom is 0.242 e. The number of carbonyl (C=O) groups excluding carboxylic acids is 2. The zero-order chi connectivity index (χ0) is 24.7. The predicted molar refractivity (Wildman–Crippen MR) is 126 cm³/mol. The summed E-state index contributed by atoms with van der Waals surface area (Å²) < 4.78 is 33.5. The van der Waals surface area contributed by atoms with Gasteiger partial charge in [0.1, 0.15) is 17.5 Å². The van der Waals surface area contributed by atoms with Gasteiger partial charge in [0.25, 0.3) is 0 Å². The van der Waals surface area contributed by atoms with Gasteiger partial charge in [0.05, 0.1) is 25.9 Å². The Morgan fingerprint density at radius 2 is 1.88 bits per heavy atom. The second-order valence-corrected chi connectivity index (χ2v) is 6.53. The lowest BCUT2D eigenvalue weighted by atomic mass is 10.2. The summed E-state index contributed by atoms with van der Waals surface area (Å²) in [6.45, 7) is 3.39. The fourth-order valence-electron chi connectivity index (χ4n) is 2.41. The summed E-state index contributed by atoms with van der Waals surface area (Å²) in [5, 5.41) is 3.80. The molecule has 0 fully saturated rings. The van der Waals surface area contributed by atoms with Gasteiger partial charge in [-0.3, -0.25) is 9.80 Å². The molecule has 9 nitrogen and oxygen atoms in total. The first-order chi connectivity index (χ1) is 15.2. The first-order valence-electron chi connectivity index (χ1n) is 9.30. The predicted octanol–water partition coefficient (Wildman–Crippen LogP) is 0.904. The van der Waals surface area contributed by atoms with Crippen LogP contribution in [0.3, 0.4) is 0 Å². The molecule has 1 amide bonds. The summed E-state index contributed by atoms with van der Waals surface area (Å²) in [4.78, 5) is 25.5. The number of hydrogen-bond acceptors (Lipinski definition) is 9. The molecule has 0 heterocycles. The molecule has 0 saturated heterocycles. The fourth-order valence-corrected chi connectivity index (χ4v) is 2.41. The molecule has 0 aliphatic carbocycles. The number of benzene rings is 1. The Balaban J connectivity index is 0.00000220. The highest BCUT2D eigenvalue weighted by Crippen LogP contribution is 2.28. The van der Waals surface area contributed by atoms with Crippen LogP contribution in [-0.2, 0) is 14.3 Å². The third kappa shape index (κ3) is 9.81. The molecule has 12 heteroatoms. The van der Waals surface area contributed by atoms with Gasteiger partial charge in [0.2, 0.25) is 5.91 Å². The molecule has 1 rings (SSSR count). The van der Waals surface area contributed by atoms with Gasteiger partial charge in [-0.1, -0.05) is 6.08 Å².